The zero-order valence-corrected chi connectivity index (χ0v) is 21.5. The van der Waals surface area contributed by atoms with Gasteiger partial charge in [-0.2, -0.15) is 5.10 Å². The summed E-state index contributed by atoms with van der Waals surface area (Å²) in [6.07, 6.45) is 5.01. The van der Waals surface area contributed by atoms with Crippen LogP contribution in [0.3, 0.4) is 0 Å². The third-order valence-electron chi connectivity index (χ3n) is 6.96. The van der Waals surface area contributed by atoms with Crippen LogP contribution in [0.5, 0.6) is 0 Å². The van der Waals surface area contributed by atoms with E-state index < -0.39 is 5.97 Å². The molecule has 38 heavy (non-hydrogen) atoms. The Bertz CT molecular complexity index is 1590. The lowest BCUT2D eigenvalue weighted by Gasteiger charge is -2.36. The molecular weight excluding hydrogens is 474 g/mol. The lowest BCUT2D eigenvalue weighted by atomic mass is 10.0. The van der Waals surface area contributed by atoms with E-state index in [0.29, 0.717) is 6.54 Å². The van der Waals surface area contributed by atoms with Crippen LogP contribution in [-0.4, -0.2) is 34.7 Å². The Morgan fingerprint density at radius 1 is 0.921 bits per heavy atom. The third-order valence-corrected chi connectivity index (χ3v) is 6.96. The zero-order chi connectivity index (χ0) is 26.5. The zero-order valence-electron chi connectivity index (χ0n) is 21.5. The molecule has 5 aromatic rings. The number of methoxy groups -OCH3 is 1. The summed E-state index contributed by atoms with van der Waals surface area (Å²) >= 11 is 0. The lowest BCUT2D eigenvalue weighted by Crippen LogP contribution is -2.44. The summed E-state index contributed by atoms with van der Waals surface area (Å²) in [5.74, 6) is -0.413. The summed E-state index contributed by atoms with van der Waals surface area (Å²) in [6.45, 7) is 0.417. The van der Waals surface area contributed by atoms with E-state index >= 15 is 0 Å². The molecule has 0 aliphatic rings. The highest BCUT2D eigenvalue weighted by Crippen LogP contribution is 2.37. The maximum atomic E-state index is 11.6. The first-order valence-corrected chi connectivity index (χ1v) is 12.4. The number of carbonyl (C=O) groups is 1. The van der Waals surface area contributed by atoms with Crippen molar-refractivity contribution in [2.45, 2.75) is 6.54 Å². The van der Waals surface area contributed by atoms with E-state index in [4.69, 9.17) is 4.74 Å². The van der Waals surface area contributed by atoms with Gasteiger partial charge in [0.25, 0.3) is 0 Å². The van der Waals surface area contributed by atoms with E-state index in [2.05, 4.69) is 47.6 Å². The number of esters is 1. The number of ether oxygens (including phenoxy) is 1. The Balaban J connectivity index is 1.50. The standard InChI is InChI=1S/C32H30N3O3/c1-34-31-17-16-27(20-28(31)21-33-34)26-14-11-25(12-15-26)22-35(23-36,29-8-4-3-5-9-29)30-10-6-7-24(19-30)13-18-32(37)38-2/h3-21,36H,22-23H2,1-2H3/q+1/b18-13+. The fraction of sp³-hybridized carbons (Fsp3) is 0.125. The molecule has 1 aromatic heterocycles. The average molecular weight is 505 g/mol. The van der Waals surface area contributed by atoms with Crippen LogP contribution >= 0.6 is 0 Å². The number of fused-ring (bicyclic) bond motifs is 1. The van der Waals surface area contributed by atoms with Gasteiger partial charge in [0.1, 0.15) is 17.9 Å². The number of quaternary nitrogens is 1. The van der Waals surface area contributed by atoms with Crippen LogP contribution in [0, 0.1) is 0 Å². The summed E-state index contributed by atoms with van der Waals surface area (Å²) in [4.78, 5) is 11.6. The predicted molar refractivity (Wildman–Crippen MR) is 152 cm³/mol. The van der Waals surface area contributed by atoms with Crippen molar-refractivity contribution >= 4 is 34.3 Å². The molecule has 1 atom stereocenters. The molecule has 0 saturated heterocycles. The summed E-state index contributed by atoms with van der Waals surface area (Å²) in [5.41, 5.74) is 7.17. The maximum absolute atomic E-state index is 11.6. The highest BCUT2D eigenvalue weighted by atomic mass is 16.5. The van der Waals surface area contributed by atoms with Crippen molar-refractivity contribution in [3.8, 4) is 11.1 Å². The van der Waals surface area contributed by atoms with Crippen molar-refractivity contribution in [2.24, 2.45) is 7.05 Å². The van der Waals surface area contributed by atoms with E-state index in [-0.39, 0.29) is 11.2 Å². The highest BCUT2D eigenvalue weighted by molar-refractivity contribution is 5.87. The molecule has 0 fully saturated rings. The van der Waals surface area contributed by atoms with Gasteiger partial charge in [-0.1, -0.05) is 60.7 Å². The Labute approximate surface area is 222 Å². The first kappa shape index (κ1) is 25.1. The summed E-state index contributed by atoms with van der Waals surface area (Å²) in [5, 5.41) is 16.4. The van der Waals surface area contributed by atoms with E-state index in [1.165, 1.54) is 13.2 Å². The fourth-order valence-corrected chi connectivity index (χ4v) is 4.84. The molecule has 1 N–H and O–H groups in total. The largest absolute Gasteiger partial charge is 0.466 e. The van der Waals surface area contributed by atoms with Crippen molar-refractivity contribution in [3.63, 3.8) is 0 Å². The second kappa shape index (κ2) is 10.8. The number of carbonyl (C=O) groups excluding carboxylic acids is 1. The number of benzene rings is 4. The number of rotatable bonds is 8. The van der Waals surface area contributed by atoms with E-state index in [1.807, 2.05) is 72.5 Å². The van der Waals surface area contributed by atoms with Gasteiger partial charge in [-0.05, 0) is 53.1 Å². The second-order valence-electron chi connectivity index (χ2n) is 9.29. The minimum absolute atomic E-state index is 0.131. The van der Waals surface area contributed by atoms with Gasteiger partial charge in [-0.3, -0.25) is 4.68 Å². The minimum atomic E-state index is -0.413. The molecule has 5 rings (SSSR count). The Hall–Kier alpha value is -4.52. The van der Waals surface area contributed by atoms with Crippen molar-refractivity contribution in [1.29, 1.82) is 0 Å². The molecule has 4 aromatic carbocycles. The van der Waals surface area contributed by atoms with Crippen LogP contribution in [0.1, 0.15) is 11.1 Å². The maximum Gasteiger partial charge on any atom is 0.330 e. The molecule has 0 bridgehead atoms. The number of hydrogen-bond donors (Lipinski definition) is 1. The number of aliphatic hydroxyl groups excluding tert-OH is 1. The molecule has 6 nitrogen and oxygen atoms in total. The topological polar surface area (TPSA) is 64.3 Å². The quantitative estimate of drug-likeness (QED) is 0.118. The fourth-order valence-electron chi connectivity index (χ4n) is 4.84. The number of hydrogen-bond acceptors (Lipinski definition) is 4. The van der Waals surface area contributed by atoms with Crippen LogP contribution in [0.15, 0.2) is 109 Å². The SMILES string of the molecule is COC(=O)/C=C/c1cccc([N+](CO)(Cc2ccc(-c3ccc4c(cnn4C)c3)cc2)c2ccccc2)c1. The molecule has 0 saturated carbocycles. The van der Waals surface area contributed by atoms with Gasteiger partial charge in [-0.15, -0.1) is 0 Å². The molecule has 6 heteroatoms. The summed E-state index contributed by atoms with van der Waals surface area (Å²) < 4.78 is 6.81. The van der Waals surface area contributed by atoms with Crippen LogP contribution < -0.4 is 4.48 Å². The van der Waals surface area contributed by atoms with Crippen LogP contribution in [-0.2, 0) is 23.1 Å². The Morgan fingerprint density at radius 3 is 2.39 bits per heavy atom. The molecule has 0 aliphatic carbocycles. The van der Waals surface area contributed by atoms with Crippen molar-refractivity contribution < 1.29 is 14.6 Å². The first-order chi connectivity index (χ1) is 18.5. The molecular formula is C32H30N3O3+. The highest BCUT2D eigenvalue weighted by Gasteiger charge is 2.33. The van der Waals surface area contributed by atoms with E-state index in [9.17, 15) is 9.90 Å². The van der Waals surface area contributed by atoms with Gasteiger partial charge >= 0.3 is 5.97 Å². The molecule has 0 radical (unpaired) electrons. The summed E-state index contributed by atoms with van der Waals surface area (Å²) in [7, 11) is 3.30. The van der Waals surface area contributed by atoms with Gasteiger partial charge in [0.15, 0.2) is 6.73 Å². The predicted octanol–water partition coefficient (Wildman–Crippen LogP) is 6.22. The monoisotopic (exact) mass is 504 g/mol. The summed E-state index contributed by atoms with van der Waals surface area (Å²) in [6, 6.07) is 32.7. The van der Waals surface area contributed by atoms with E-state index in [0.717, 1.165) is 44.5 Å². The number of aliphatic hydroxyl groups is 1. The third kappa shape index (κ3) is 5.00. The lowest BCUT2D eigenvalue weighted by molar-refractivity contribution is -0.134. The van der Waals surface area contributed by atoms with Crippen LogP contribution in [0.4, 0.5) is 11.4 Å². The number of para-hydroxylation sites is 1. The van der Waals surface area contributed by atoms with Gasteiger partial charge in [0.2, 0.25) is 0 Å². The van der Waals surface area contributed by atoms with Crippen molar-refractivity contribution in [2.75, 3.05) is 13.8 Å². The number of aryl methyl sites for hydroxylation is 1. The molecule has 1 unspecified atom stereocenters. The number of nitrogens with zero attached hydrogens (tertiary/aromatic N) is 3. The molecule has 0 spiro atoms. The molecule has 0 amide bonds. The molecule has 1 heterocycles. The van der Waals surface area contributed by atoms with Crippen LogP contribution in [0.25, 0.3) is 28.1 Å². The molecule has 0 aliphatic heterocycles. The van der Waals surface area contributed by atoms with Gasteiger partial charge in [-0.25, -0.2) is 9.28 Å². The minimum Gasteiger partial charge on any atom is -0.466 e. The molecule has 190 valence electrons. The van der Waals surface area contributed by atoms with Crippen molar-refractivity contribution in [3.05, 3.63) is 120 Å². The van der Waals surface area contributed by atoms with Gasteiger partial charge in [0, 0.05) is 30.1 Å². The van der Waals surface area contributed by atoms with Gasteiger partial charge in [0.05, 0.1) is 18.8 Å². The number of aromatic nitrogens is 2. The van der Waals surface area contributed by atoms with Crippen LogP contribution in [0.2, 0.25) is 0 Å². The van der Waals surface area contributed by atoms with Crippen molar-refractivity contribution in [1.82, 2.24) is 14.3 Å². The second-order valence-corrected chi connectivity index (χ2v) is 9.29. The smallest absolute Gasteiger partial charge is 0.330 e. The average Bonchev–Trinajstić information content (AvgIpc) is 3.35. The van der Waals surface area contributed by atoms with Gasteiger partial charge < -0.3 is 9.84 Å². The van der Waals surface area contributed by atoms with E-state index in [1.54, 1.807) is 6.08 Å². The first-order valence-electron chi connectivity index (χ1n) is 12.4. The normalized spacial score (nSPS) is 13.0. The Kier molecular flexibility index (Phi) is 7.18. The Morgan fingerprint density at radius 2 is 1.66 bits per heavy atom.